The summed E-state index contributed by atoms with van der Waals surface area (Å²) in [5, 5.41) is 0. The molecule has 1 saturated heterocycles. The molecule has 1 unspecified atom stereocenters. The number of carbonyl (C=O) groups is 1. The number of esters is 1. The second kappa shape index (κ2) is 7.67. The van der Waals surface area contributed by atoms with Gasteiger partial charge in [0.1, 0.15) is 6.61 Å². The molecule has 17 heavy (non-hydrogen) atoms. The average Bonchev–Trinajstić information content (AvgIpc) is 2.73. The van der Waals surface area contributed by atoms with Gasteiger partial charge >= 0.3 is 5.97 Å². The Morgan fingerprint density at radius 1 is 1.47 bits per heavy atom. The van der Waals surface area contributed by atoms with Crippen LogP contribution in [0.25, 0.3) is 0 Å². The second-order valence-corrected chi connectivity index (χ2v) is 4.95. The van der Waals surface area contributed by atoms with E-state index in [2.05, 4.69) is 18.7 Å². The van der Waals surface area contributed by atoms with Gasteiger partial charge in [0.25, 0.3) is 0 Å². The number of nitrogens with zero attached hydrogens (tertiary/aromatic N) is 1. The van der Waals surface area contributed by atoms with Crippen LogP contribution < -0.4 is 0 Å². The maximum absolute atomic E-state index is 11.0. The molecular formula is C13H25NO3. The summed E-state index contributed by atoms with van der Waals surface area (Å²) in [6, 6.07) is 0. The van der Waals surface area contributed by atoms with Crippen molar-refractivity contribution in [3.05, 3.63) is 0 Å². The molecule has 0 bridgehead atoms. The molecule has 1 heterocycles. The van der Waals surface area contributed by atoms with E-state index in [0.29, 0.717) is 13.2 Å². The summed E-state index contributed by atoms with van der Waals surface area (Å²) in [6.45, 7) is 10.7. The van der Waals surface area contributed by atoms with Gasteiger partial charge in [-0.15, -0.1) is 0 Å². The van der Waals surface area contributed by atoms with Gasteiger partial charge in [-0.25, -0.2) is 4.79 Å². The van der Waals surface area contributed by atoms with Crippen molar-refractivity contribution < 1.29 is 14.3 Å². The van der Waals surface area contributed by atoms with Gasteiger partial charge in [0.05, 0.1) is 13.2 Å². The lowest BCUT2D eigenvalue weighted by molar-refractivity contribution is -0.148. The van der Waals surface area contributed by atoms with Crippen molar-refractivity contribution in [2.75, 3.05) is 39.5 Å². The largest absolute Gasteiger partial charge is 0.464 e. The van der Waals surface area contributed by atoms with E-state index < -0.39 is 0 Å². The van der Waals surface area contributed by atoms with Gasteiger partial charge in [0.15, 0.2) is 0 Å². The molecule has 0 radical (unpaired) electrons. The number of likely N-dealkylation sites (tertiary alicyclic amines) is 1. The minimum absolute atomic E-state index is 0.0787. The molecular weight excluding hydrogens is 218 g/mol. The van der Waals surface area contributed by atoms with Crippen molar-refractivity contribution in [3.63, 3.8) is 0 Å². The summed E-state index contributed by atoms with van der Waals surface area (Å²) in [5.41, 5.74) is 0. The van der Waals surface area contributed by atoms with Crippen molar-refractivity contribution >= 4 is 5.97 Å². The number of hydrogen-bond donors (Lipinski definition) is 0. The van der Waals surface area contributed by atoms with Crippen LogP contribution in [0.5, 0.6) is 0 Å². The first-order valence-electron chi connectivity index (χ1n) is 6.59. The van der Waals surface area contributed by atoms with Crippen LogP contribution in [0.15, 0.2) is 0 Å². The highest BCUT2D eigenvalue weighted by Gasteiger charge is 2.24. The minimum atomic E-state index is -0.269. The van der Waals surface area contributed by atoms with Crippen LogP contribution in [-0.4, -0.2) is 50.3 Å². The molecule has 4 heteroatoms. The summed E-state index contributed by atoms with van der Waals surface area (Å²) in [4.78, 5) is 13.4. The van der Waals surface area contributed by atoms with Crippen LogP contribution in [0, 0.1) is 11.8 Å². The maximum Gasteiger partial charge on any atom is 0.332 e. The fourth-order valence-electron chi connectivity index (χ4n) is 2.16. The van der Waals surface area contributed by atoms with Crippen LogP contribution in [0.4, 0.5) is 0 Å². The molecule has 0 amide bonds. The normalized spacial score (nSPS) is 21.1. The topological polar surface area (TPSA) is 38.8 Å². The lowest BCUT2D eigenvalue weighted by Crippen LogP contribution is -2.27. The van der Waals surface area contributed by atoms with E-state index in [-0.39, 0.29) is 12.6 Å². The van der Waals surface area contributed by atoms with Crippen LogP contribution in [0.2, 0.25) is 0 Å². The summed E-state index contributed by atoms with van der Waals surface area (Å²) in [5.74, 6) is 1.31. The number of carbonyl (C=O) groups excluding carboxylic acids is 1. The third-order valence-corrected chi connectivity index (χ3v) is 3.33. The van der Waals surface area contributed by atoms with E-state index >= 15 is 0 Å². The second-order valence-electron chi connectivity index (χ2n) is 4.95. The fourth-order valence-corrected chi connectivity index (χ4v) is 2.16. The van der Waals surface area contributed by atoms with E-state index in [1.165, 1.54) is 13.0 Å². The van der Waals surface area contributed by atoms with Crippen molar-refractivity contribution in [1.82, 2.24) is 4.90 Å². The molecule has 4 nitrogen and oxygen atoms in total. The molecule has 0 N–H and O–H groups in total. The smallest absolute Gasteiger partial charge is 0.332 e. The van der Waals surface area contributed by atoms with Crippen molar-refractivity contribution in [2.24, 2.45) is 11.8 Å². The maximum atomic E-state index is 11.0. The Morgan fingerprint density at radius 3 is 2.82 bits per heavy atom. The van der Waals surface area contributed by atoms with Crippen LogP contribution >= 0.6 is 0 Å². The highest BCUT2D eigenvalue weighted by Crippen LogP contribution is 2.22. The van der Waals surface area contributed by atoms with Gasteiger partial charge in [-0.05, 0) is 31.7 Å². The minimum Gasteiger partial charge on any atom is -0.464 e. The molecule has 1 rings (SSSR count). The molecule has 1 aliphatic rings. The SMILES string of the molecule is CCOC(=O)COCCN1CCC(C(C)C)C1. The molecule has 1 fully saturated rings. The number of hydrogen-bond acceptors (Lipinski definition) is 4. The van der Waals surface area contributed by atoms with E-state index in [1.807, 2.05) is 0 Å². The summed E-state index contributed by atoms with van der Waals surface area (Å²) in [6.07, 6.45) is 1.29. The molecule has 0 aromatic carbocycles. The monoisotopic (exact) mass is 243 g/mol. The molecule has 0 spiro atoms. The van der Waals surface area contributed by atoms with Crippen molar-refractivity contribution in [2.45, 2.75) is 27.2 Å². The molecule has 1 aliphatic heterocycles. The molecule has 0 aromatic rings. The van der Waals surface area contributed by atoms with Crippen LogP contribution in [-0.2, 0) is 14.3 Å². The summed E-state index contributed by atoms with van der Waals surface area (Å²) < 4.78 is 10.1. The lowest BCUT2D eigenvalue weighted by atomic mass is 9.95. The van der Waals surface area contributed by atoms with Gasteiger partial charge in [0, 0.05) is 13.1 Å². The van der Waals surface area contributed by atoms with E-state index in [4.69, 9.17) is 9.47 Å². The van der Waals surface area contributed by atoms with E-state index in [1.54, 1.807) is 6.92 Å². The zero-order valence-corrected chi connectivity index (χ0v) is 11.3. The number of rotatable bonds is 7. The van der Waals surface area contributed by atoms with Crippen molar-refractivity contribution in [3.8, 4) is 0 Å². The van der Waals surface area contributed by atoms with Crippen molar-refractivity contribution in [1.29, 1.82) is 0 Å². The van der Waals surface area contributed by atoms with Gasteiger partial charge in [-0.1, -0.05) is 13.8 Å². The highest BCUT2D eigenvalue weighted by molar-refractivity contribution is 5.70. The Balaban J connectivity index is 2.02. The van der Waals surface area contributed by atoms with Gasteiger partial charge in [0.2, 0.25) is 0 Å². The standard InChI is InChI=1S/C13H25NO3/c1-4-17-13(15)10-16-8-7-14-6-5-12(9-14)11(2)3/h11-12H,4-10H2,1-3H3. The summed E-state index contributed by atoms with van der Waals surface area (Å²) in [7, 11) is 0. The molecule has 0 saturated carbocycles. The first-order chi connectivity index (χ1) is 8.13. The first-order valence-corrected chi connectivity index (χ1v) is 6.59. The van der Waals surface area contributed by atoms with Crippen LogP contribution in [0.1, 0.15) is 27.2 Å². The Hall–Kier alpha value is -0.610. The zero-order valence-electron chi connectivity index (χ0n) is 11.3. The van der Waals surface area contributed by atoms with Crippen LogP contribution in [0.3, 0.4) is 0 Å². The third kappa shape index (κ3) is 5.50. The molecule has 0 aliphatic carbocycles. The fraction of sp³-hybridized carbons (Fsp3) is 0.923. The Kier molecular flexibility index (Phi) is 6.52. The van der Waals surface area contributed by atoms with Gasteiger partial charge in [-0.3, -0.25) is 0 Å². The third-order valence-electron chi connectivity index (χ3n) is 3.33. The lowest BCUT2D eigenvalue weighted by Gasteiger charge is -2.17. The first kappa shape index (κ1) is 14.5. The predicted octanol–water partition coefficient (Wildman–Crippen LogP) is 1.54. The molecule has 1 atom stereocenters. The Bertz CT molecular complexity index is 231. The summed E-state index contributed by atoms with van der Waals surface area (Å²) >= 11 is 0. The van der Waals surface area contributed by atoms with Gasteiger partial charge < -0.3 is 14.4 Å². The van der Waals surface area contributed by atoms with E-state index in [9.17, 15) is 4.79 Å². The highest BCUT2D eigenvalue weighted by atomic mass is 16.6. The average molecular weight is 243 g/mol. The van der Waals surface area contributed by atoms with Gasteiger partial charge in [-0.2, -0.15) is 0 Å². The predicted molar refractivity (Wildman–Crippen MR) is 66.8 cm³/mol. The van der Waals surface area contributed by atoms with E-state index in [0.717, 1.165) is 24.9 Å². The zero-order chi connectivity index (χ0) is 12.7. The quantitative estimate of drug-likeness (QED) is 0.502. The Labute approximate surface area is 104 Å². The number of ether oxygens (including phenoxy) is 2. The Morgan fingerprint density at radius 2 is 2.24 bits per heavy atom. The molecule has 100 valence electrons. The molecule has 0 aromatic heterocycles.